The van der Waals surface area contributed by atoms with Gasteiger partial charge in [0.25, 0.3) is 0 Å². The minimum atomic E-state index is -1.09. The molecule has 1 heterocycles. The Bertz CT molecular complexity index is 393. The zero-order chi connectivity index (χ0) is 12.3. The number of carboxylic acids is 1. The number of hydrogen-bond acceptors (Lipinski definition) is 3. The normalized spacial score (nSPS) is 11.9. The minimum Gasteiger partial charge on any atom is -0.480 e. The minimum absolute atomic E-state index is 0.565. The van der Waals surface area contributed by atoms with E-state index in [0.717, 1.165) is 5.69 Å². The number of aromatic nitrogens is 2. The number of rotatable bonds is 3. The Morgan fingerprint density at radius 1 is 1.44 bits per heavy atom. The number of aromatic amines is 1. The summed E-state index contributed by atoms with van der Waals surface area (Å²) in [6.45, 7) is 4.88. The van der Waals surface area contributed by atoms with Gasteiger partial charge in [-0.15, -0.1) is 0 Å². The molecule has 0 spiro atoms. The molecule has 0 aliphatic carbocycles. The molecule has 0 fully saturated rings. The van der Waals surface area contributed by atoms with Crippen LogP contribution in [0.25, 0.3) is 0 Å². The lowest BCUT2D eigenvalue weighted by atomic mass is 10.3. The highest BCUT2D eigenvalue weighted by molar-refractivity contribution is 5.93. The number of nitrogens with one attached hydrogen (secondary N) is 3. The summed E-state index contributed by atoms with van der Waals surface area (Å²) in [4.78, 5) is 21.9. The lowest BCUT2D eigenvalue weighted by molar-refractivity contribution is -0.138. The molecule has 0 unspecified atom stereocenters. The first-order valence-electron chi connectivity index (χ1n) is 4.73. The Balaban J connectivity index is 2.62. The van der Waals surface area contributed by atoms with E-state index in [9.17, 15) is 9.59 Å². The van der Waals surface area contributed by atoms with Crippen LogP contribution in [0.1, 0.15) is 18.3 Å². The van der Waals surface area contributed by atoms with E-state index in [1.54, 1.807) is 13.8 Å². The third-order valence-corrected chi connectivity index (χ3v) is 2.08. The van der Waals surface area contributed by atoms with E-state index < -0.39 is 18.0 Å². The molecule has 16 heavy (non-hydrogen) atoms. The number of hydrogen-bond donors (Lipinski definition) is 4. The zero-order valence-corrected chi connectivity index (χ0v) is 9.29. The predicted octanol–water partition coefficient (Wildman–Crippen LogP) is 0.621. The first-order chi connectivity index (χ1) is 7.41. The van der Waals surface area contributed by atoms with Crippen LogP contribution < -0.4 is 10.6 Å². The van der Waals surface area contributed by atoms with Gasteiger partial charge in [0.2, 0.25) is 0 Å². The fraction of sp³-hybridized carbons (Fsp3) is 0.444. The molecule has 0 saturated carbocycles. The average Bonchev–Trinajstić information content (AvgIpc) is 2.49. The van der Waals surface area contributed by atoms with Crippen LogP contribution in [0.15, 0.2) is 0 Å². The van der Waals surface area contributed by atoms with Crippen molar-refractivity contribution in [2.45, 2.75) is 26.8 Å². The third-order valence-electron chi connectivity index (χ3n) is 2.08. The van der Waals surface area contributed by atoms with Crippen LogP contribution in [0.4, 0.5) is 10.5 Å². The maximum absolute atomic E-state index is 11.4. The highest BCUT2D eigenvalue weighted by Gasteiger charge is 2.15. The Morgan fingerprint density at radius 2 is 2.06 bits per heavy atom. The highest BCUT2D eigenvalue weighted by atomic mass is 16.4. The summed E-state index contributed by atoms with van der Waals surface area (Å²) in [5.74, 6) is -1.09. The monoisotopic (exact) mass is 226 g/mol. The van der Waals surface area contributed by atoms with Crippen molar-refractivity contribution in [2.75, 3.05) is 5.32 Å². The smallest absolute Gasteiger partial charge is 0.325 e. The molecule has 0 aliphatic rings. The van der Waals surface area contributed by atoms with Gasteiger partial charge in [0, 0.05) is 0 Å². The van der Waals surface area contributed by atoms with Crippen LogP contribution in [-0.4, -0.2) is 33.3 Å². The molecular formula is C9H14N4O3. The van der Waals surface area contributed by atoms with Crippen molar-refractivity contribution in [3.63, 3.8) is 0 Å². The summed E-state index contributed by atoms with van der Waals surface area (Å²) in [6, 6.07) is -1.50. The van der Waals surface area contributed by atoms with Crippen LogP contribution in [0.2, 0.25) is 0 Å². The number of H-pyrrole nitrogens is 1. The van der Waals surface area contributed by atoms with Crippen LogP contribution >= 0.6 is 0 Å². The van der Waals surface area contributed by atoms with E-state index in [2.05, 4.69) is 20.8 Å². The summed E-state index contributed by atoms with van der Waals surface area (Å²) in [5, 5.41) is 20.0. The number of carbonyl (C=O) groups is 2. The van der Waals surface area contributed by atoms with Crippen LogP contribution in [0.3, 0.4) is 0 Å². The van der Waals surface area contributed by atoms with Gasteiger partial charge in [-0.1, -0.05) is 0 Å². The standard InChI is InChI=1S/C9H14N4O3/c1-4-7(5(2)13-12-4)11-9(16)10-6(3)8(14)15/h6H,1-3H3,(H,12,13)(H,14,15)(H2,10,11,16)/t6-/m1/s1. The Kier molecular flexibility index (Phi) is 3.49. The maximum Gasteiger partial charge on any atom is 0.325 e. The molecule has 0 saturated heterocycles. The molecule has 7 nitrogen and oxygen atoms in total. The second kappa shape index (κ2) is 4.65. The molecule has 0 aromatic carbocycles. The number of anilines is 1. The van der Waals surface area contributed by atoms with Gasteiger partial charge in [-0.05, 0) is 20.8 Å². The van der Waals surface area contributed by atoms with Crippen molar-refractivity contribution in [3.8, 4) is 0 Å². The van der Waals surface area contributed by atoms with Gasteiger partial charge in [0.15, 0.2) is 0 Å². The number of carboxylic acid groups (broad SMARTS) is 1. The molecule has 0 radical (unpaired) electrons. The fourth-order valence-corrected chi connectivity index (χ4v) is 1.14. The summed E-state index contributed by atoms with van der Waals surface area (Å²) in [6.07, 6.45) is 0. The van der Waals surface area contributed by atoms with Gasteiger partial charge >= 0.3 is 12.0 Å². The number of urea groups is 1. The van der Waals surface area contributed by atoms with E-state index in [1.165, 1.54) is 6.92 Å². The molecule has 1 aromatic rings. The fourth-order valence-electron chi connectivity index (χ4n) is 1.14. The number of amides is 2. The molecule has 0 bridgehead atoms. The predicted molar refractivity (Wildman–Crippen MR) is 57.3 cm³/mol. The van der Waals surface area contributed by atoms with E-state index in [1.807, 2.05) is 0 Å². The molecule has 7 heteroatoms. The van der Waals surface area contributed by atoms with Crippen molar-refractivity contribution >= 4 is 17.7 Å². The Morgan fingerprint density at radius 3 is 2.50 bits per heavy atom. The molecule has 88 valence electrons. The molecule has 2 amide bonds. The molecule has 0 aliphatic heterocycles. The van der Waals surface area contributed by atoms with Gasteiger partial charge in [-0.25, -0.2) is 4.79 Å². The van der Waals surface area contributed by atoms with Gasteiger partial charge in [0.05, 0.1) is 17.1 Å². The first kappa shape index (κ1) is 12.0. The van der Waals surface area contributed by atoms with Gasteiger partial charge < -0.3 is 15.7 Å². The van der Waals surface area contributed by atoms with Gasteiger partial charge in [0.1, 0.15) is 6.04 Å². The van der Waals surface area contributed by atoms with Gasteiger partial charge in [-0.2, -0.15) is 5.10 Å². The Hall–Kier alpha value is -2.05. The molecule has 4 N–H and O–H groups in total. The SMILES string of the molecule is Cc1n[nH]c(C)c1NC(=O)N[C@H](C)C(=O)O. The Labute approximate surface area is 92.2 Å². The number of aryl methyl sites for hydroxylation is 2. The second-order valence-electron chi connectivity index (χ2n) is 3.47. The summed E-state index contributed by atoms with van der Waals surface area (Å²) >= 11 is 0. The highest BCUT2D eigenvalue weighted by Crippen LogP contribution is 2.15. The van der Waals surface area contributed by atoms with Crippen LogP contribution in [-0.2, 0) is 4.79 Å². The topological polar surface area (TPSA) is 107 Å². The molecule has 1 atom stereocenters. The van der Waals surface area contributed by atoms with Crippen molar-refractivity contribution in [1.29, 1.82) is 0 Å². The number of aliphatic carboxylic acids is 1. The largest absolute Gasteiger partial charge is 0.480 e. The van der Waals surface area contributed by atoms with Crippen molar-refractivity contribution < 1.29 is 14.7 Å². The summed E-state index contributed by atoms with van der Waals surface area (Å²) in [5.41, 5.74) is 1.93. The summed E-state index contributed by atoms with van der Waals surface area (Å²) < 4.78 is 0. The van der Waals surface area contributed by atoms with Crippen LogP contribution in [0, 0.1) is 13.8 Å². The van der Waals surface area contributed by atoms with E-state index in [-0.39, 0.29) is 0 Å². The summed E-state index contributed by atoms with van der Waals surface area (Å²) in [7, 11) is 0. The molecule has 1 aromatic heterocycles. The average molecular weight is 226 g/mol. The van der Waals surface area contributed by atoms with Gasteiger partial charge in [-0.3, -0.25) is 9.89 Å². The quantitative estimate of drug-likeness (QED) is 0.606. The van der Waals surface area contributed by atoms with Crippen molar-refractivity contribution in [3.05, 3.63) is 11.4 Å². The molecule has 1 rings (SSSR count). The number of nitrogens with zero attached hydrogens (tertiary/aromatic N) is 1. The van der Waals surface area contributed by atoms with Crippen molar-refractivity contribution in [1.82, 2.24) is 15.5 Å². The number of carbonyl (C=O) groups excluding carboxylic acids is 1. The van der Waals surface area contributed by atoms with Crippen molar-refractivity contribution in [2.24, 2.45) is 0 Å². The van der Waals surface area contributed by atoms with E-state index >= 15 is 0 Å². The maximum atomic E-state index is 11.4. The molecular weight excluding hydrogens is 212 g/mol. The first-order valence-corrected chi connectivity index (χ1v) is 4.73. The lowest BCUT2D eigenvalue weighted by Crippen LogP contribution is -2.41. The van der Waals surface area contributed by atoms with E-state index in [0.29, 0.717) is 11.4 Å². The van der Waals surface area contributed by atoms with Crippen LogP contribution in [0.5, 0.6) is 0 Å². The second-order valence-corrected chi connectivity index (χ2v) is 3.47. The zero-order valence-electron chi connectivity index (χ0n) is 9.29. The lowest BCUT2D eigenvalue weighted by Gasteiger charge is -2.10. The third kappa shape index (κ3) is 2.72. The van der Waals surface area contributed by atoms with E-state index in [4.69, 9.17) is 5.11 Å².